The second kappa shape index (κ2) is 10.8. The first-order chi connectivity index (χ1) is 14.4. The summed E-state index contributed by atoms with van der Waals surface area (Å²) >= 11 is 0. The van der Waals surface area contributed by atoms with Crippen LogP contribution in [0, 0.1) is 5.41 Å². The molecule has 31 heavy (non-hydrogen) atoms. The minimum absolute atomic E-state index is 0.00418. The van der Waals surface area contributed by atoms with E-state index in [-0.39, 0.29) is 19.3 Å². The number of alkyl halides is 3. The third-order valence-corrected chi connectivity index (χ3v) is 5.90. The average Bonchev–Trinajstić information content (AvgIpc) is 2.64. The molecule has 2 aliphatic rings. The van der Waals surface area contributed by atoms with Crippen molar-refractivity contribution in [3.05, 3.63) is 11.8 Å². The molecule has 7 nitrogen and oxygen atoms in total. The van der Waals surface area contributed by atoms with Gasteiger partial charge in [-0.3, -0.25) is 14.9 Å². The first kappa shape index (κ1) is 25.6. The molecule has 1 saturated heterocycles. The molecule has 10 heteroatoms. The monoisotopic (exact) mass is 449 g/mol. The van der Waals surface area contributed by atoms with Gasteiger partial charge in [-0.05, 0) is 58.9 Å². The Kier molecular flexibility index (Phi) is 8.91. The van der Waals surface area contributed by atoms with Gasteiger partial charge < -0.3 is 20.5 Å². The third kappa shape index (κ3) is 8.08. The van der Waals surface area contributed by atoms with Crippen LogP contribution in [-0.2, 0) is 19.1 Å². The molecule has 1 saturated carbocycles. The van der Waals surface area contributed by atoms with E-state index < -0.39 is 35.4 Å². The number of hydrogen-bond acceptors (Lipinski definition) is 6. The Labute approximate surface area is 181 Å². The Morgan fingerprint density at radius 3 is 2.48 bits per heavy atom. The van der Waals surface area contributed by atoms with Crippen molar-refractivity contribution >= 4 is 11.8 Å². The fraction of sp³-hybridized carbons (Fsp3) is 0.810. The molecule has 0 spiro atoms. The van der Waals surface area contributed by atoms with Crippen LogP contribution in [0.3, 0.4) is 0 Å². The highest BCUT2D eigenvalue weighted by Gasteiger charge is 2.41. The number of imide groups is 1. The van der Waals surface area contributed by atoms with Gasteiger partial charge in [0.1, 0.15) is 0 Å². The number of carbonyl (C=O) groups excluding carboxylic acids is 2. The van der Waals surface area contributed by atoms with Crippen molar-refractivity contribution in [3.63, 3.8) is 0 Å². The van der Waals surface area contributed by atoms with Crippen LogP contribution < -0.4 is 16.4 Å². The SMILES string of the molecule is CC(C)(NCCCC(F)(F)F)C(=O)NC(=O)C=C(N)C1(COC2CCCCO2)CCC1. The van der Waals surface area contributed by atoms with E-state index in [1.165, 1.54) is 19.9 Å². The first-order valence-electron chi connectivity index (χ1n) is 10.8. The summed E-state index contributed by atoms with van der Waals surface area (Å²) in [5.74, 6) is -1.30. The molecule has 0 bridgehead atoms. The van der Waals surface area contributed by atoms with Gasteiger partial charge in [-0.2, -0.15) is 13.2 Å². The molecule has 4 N–H and O–H groups in total. The molecule has 2 amide bonds. The summed E-state index contributed by atoms with van der Waals surface area (Å²) in [6.45, 7) is 4.03. The Bertz CT molecular complexity index is 655. The minimum Gasteiger partial charge on any atom is -0.401 e. The molecular weight excluding hydrogens is 415 g/mol. The lowest BCUT2D eigenvalue weighted by atomic mass is 9.67. The normalized spacial score (nSPS) is 22.0. The highest BCUT2D eigenvalue weighted by Crippen LogP contribution is 2.45. The molecule has 1 heterocycles. The maximum Gasteiger partial charge on any atom is 0.389 e. The van der Waals surface area contributed by atoms with Crippen molar-refractivity contribution in [2.45, 2.75) is 83.2 Å². The fourth-order valence-electron chi connectivity index (χ4n) is 3.58. The van der Waals surface area contributed by atoms with Gasteiger partial charge in [-0.1, -0.05) is 6.42 Å². The standard InChI is InChI=1S/C21H34F3N3O4/c1-19(2,26-11-6-10-21(22,23)24)18(29)27-16(28)13-15(25)20(8-5-9-20)14-31-17-7-3-4-12-30-17/h13,17,26H,3-12,14,25H2,1-2H3,(H,27,28,29). The zero-order valence-electron chi connectivity index (χ0n) is 18.3. The van der Waals surface area contributed by atoms with E-state index in [0.717, 1.165) is 38.5 Å². The van der Waals surface area contributed by atoms with E-state index in [1.54, 1.807) is 0 Å². The second-order valence-corrected chi connectivity index (χ2v) is 8.93. The van der Waals surface area contributed by atoms with E-state index in [0.29, 0.717) is 18.9 Å². The zero-order valence-corrected chi connectivity index (χ0v) is 18.3. The lowest BCUT2D eigenvalue weighted by Crippen LogP contribution is -2.54. The minimum atomic E-state index is -4.24. The molecule has 1 unspecified atom stereocenters. The van der Waals surface area contributed by atoms with Crippen LogP contribution in [-0.4, -0.2) is 49.6 Å². The van der Waals surface area contributed by atoms with Crippen molar-refractivity contribution in [1.29, 1.82) is 0 Å². The summed E-state index contributed by atoms with van der Waals surface area (Å²) in [5.41, 5.74) is 4.91. The molecule has 0 radical (unpaired) electrons. The molecular formula is C21H34F3N3O4. The quantitative estimate of drug-likeness (QED) is 0.350. The average molecular weight is 450 g/mol. The number of nitrogens with two attached hydrogens (primary N) is 1. The van der Waals surface area contributed by atoms with Crippen LogP contribution in [0.15, 0.2) is 11.8 Å². The Hall–Kier alpha value is -1.65. The summed E-state index contributed by atoms with van der Waals surface area (Å²) < 4.78 is 48.1. The largest absolute Gasteiger partial charge is 0.401 e. The van der Waals surface area contributed by atoms with Crippen LogP contribution in [0.2, 0.25) is 0 Å². The Morgan fingerprint density at radius 2 is 1.94 bits per heavy atom. The van der Waals surface area contributed by atoms with Crippen molar-refractivity contribution in [2.24, 2.45) is 11.1 Å². The number of hydrogen-bond donors (Lipinski definition) is 3. The summed E-state index contributed by atoms with van der Waals surface area (Å²) in [5, 5.41) is 5.00. The van der Waals surface area contributed by atoms with Gasteiger partial charge in [0.25, 0.3) is 5.91 Å². The number of ether oxygens (including phenoxy) is 2. The summed E-state index contributed by atoms with van der Waals surface area (Å²) in [7, 11) is 0. The maximum absolute atomic E-state index is 12.4. The molecule has 0 aromatic rings. The van der Waals surface area contributed by atoms with Gasteiger partial charge in [-0.15, -0.1) is 0 Å². The van der Waals surface area contributed by atoms with Crippen LogP contribution >= 0.6 is 0 Å². The summed E-state index contributed by atoms with van der Waals surface area (Å²) in [4.78, 5) is 24.7. The highest BCUT2D eigenvalue weighted by molar-refractivity contribution is 6.04. The highest BCUT2D eigenvalue weighted by atomic mass is 19.4. The number of halogens is 3. The van der Waals surface area contributed by atoms with E-state index >= 15 is 0 Å². The van der Waals surface area contributed by atoms with E-state index in [4.69, 9.17) is 15.2 Å². The Morgan fingerprint density at radius 1 is 1.23 bits per heavy atom. The number of nitrogens with one attached hydrogen (secondary N) is 2. The van der Waals surface area contributed by atoms with E-state index in [1.807, 2.05) is 0 Å². The summed E-state index contributed by atoms with van der Waals surface area (Å²) in [6, 6.07) is 0. The zero-order chi connectivity index (χ0) is 23.1. The predicted octanol–water partition coefficient (Wildman–Crippen LogP) is 2.90. The van der Waals surface area contributed by atoms with Crippen LogP contribution in [0.25, 0.3) is 0 Å². The summed E-state index contributed by atoms with van der Waals surface area (Å²) in [6.07, 6.45) is 1.07. The lowest BCUT2D eigenvalue weighted by molar-refractivity contribution is -0.182. The molecule has 1 aliphatic carbocycles. The molecule has 2 fully saturated rings. The molecule has 2 rings (SSSR count). The van der Waals surface area contributed by atoms with Gasteiger partial charge in [0, 0.05) is 30.2 Å². The van der Waals surface area contributed by atoms with Gasteiger partial charge in [-0.25, -0.2) is 0 Å². The second-order valence-electron chi connectivity index (χ2n) is 8.93. The predicted molar refractivity (Wildman–Crippen MR) is 109 cm³/mol. The van der Waals surface area contributed by atoms with Crippen molar-refractivity contribution in [3.8, 4) is 0 Å². The molecule has 178 valence electrons. The van der Waals surface area contributed by atoms with Gasteiger partial charge in [0.15, 0.2) is 6.29 Å². The third-order valence-electron chi connectivity index (χ3n) is 5.90. The van der Waals surface area contributed by atoms with Crippen LogP contribution in [0.4, 0.5) is 13.2 Å². The topological polar surface area (TPSA) is 103 Å². The molecule has 0 aromatic carbocycles. The van der Waals surface area contributed by atoms with Crippen molar-refractivity contribution in [1.82, 2.24) is 10.6 Å². The van der Waals surface area contributed by atoms with Gasteiger partial charge in [0.05, 0.1) is 12.1 Å². The smallest absolute Gasteiger partial charge is 0.389 e. The number of carbonyl (C=O) groups is 2. The van der Waals surface area contributed by atoms with Crippen molar-refractivity contribution < 1.29 is 32.2 Å². The Balaban J connectivity index is 1.84. The van der Waals surface area contributed by atoms with Gasteiger partial charge >= 0.3 is 6.18 Å². The first-order valence-corrected chi connectivity index (χ1v) is 10.8. The maximum atomic E-state index is 12.4. The molecule has 1 aliphatic heterocycles. The number of amides is 2. The number of rotatable bonds is 10. The fourth-order valence-corrected chi connectivity index (χ4v) is 3.58. The van der Waals surface area contributed by atoms with Crippen LogP contribution in [0.1, 0.15) is 65.2 Å². The molecule has 1 atom stereocenters. The van der Waals surface area contributed by atoms with Crippen molar-refractivity contribution in [2.75, 3.05) is 19.8 Å². The lowest BCUT2D eigenvalue weighted by Gasteiger charge is -2.43. The van der Waals surface area contributed by atoms with Crippen LogP contribution in [0.5, 0.6) is 0 Å². The van der Waals surface area contributed by atoms with Gasteiger partial charge in [0.2, 0.25) is 5.91 Å². The van der Waals surface area contributed by atoms with E-state index in [2.05, 4.69) is 10.6 Å². The molecule has 0 aromatic heterocycles. The van der Waals surface area contributed by atoms with E-state index in [9.17, 15) is 22.8 Å².